The van der Waals surface area contributed by atoms with Crippen molar-refractivity contribution in [1.82, 2.24) is 15.3 Å². The summed E-state index contributed by atoms with van der Waals surface area (Å²) >= 11 is 3.20. The van der Waals surface area contributed by atoms with Crippen LogP contribution in [0.5, 0.6) is 5.75 Å². The Morgan fingerprint density at radius 3 is 3.00 bits per heavy atom. The first kappa shape index (κ1) is 15.5. The number of hydrogen-bond donors (Lipinski definition) is 1. The standard InChI is InChI=1S/C17H17N3O2S2/c1-9(12-5-16(21)18-6-12)22-15-4-11(14-7-23-8-19-14)3-13-17(15)24-10(2)20-13/h3-4,7-9,12H,5-6H2,1-2H3,(H,18,21). The number of aromatic nitrogens is 2. The molecular formula is C17H17N3O2S2. The fourth-order valence-corrected chi connectivity index (χ4v) is 4.38. The SMILES string of the molecule is Cc1nc2cc(-c3cscn3)cc(OC(C)C3CNC(=O)C3)c2s1. The lowest BCUT2D eigenvalue weighted by molar-refractivity contribution is -0.119. The van der Waals surface area contributed by atoms with Gasteiger partial charge in [0.1, 0.15) is 11.9 Å². The minimum Gasteiger partial charge on any atom is -0.489 e. The van der Waals surface area contributed by atoms with Crippen molar-refractivity contribution in [2.45, 2.75) is 26.4 Å². The summed E-state index contributed by atoms with van der Waals surface area (Å²) in [4.78, 5) is 20.5. The third-order valence-corrected chi connectivity index (χ3v) is 5.86. The van der Waals surface area contributed by atoms with E-state index in [-0.39, 0.29) is 17.9 Å². The highest BCUT2D eigenvalue weighted by Crippen LogP contribution is 2.37. The predicted molar refractivity (Wildman–Crippen MR) is 96.7 cm³/mol. The van der Waals surface area contributed by atoms with E-state index >= 15 is 0 Å². The average molecular weight is 359 g/mol. The van der Waals surface area contributed by atoms with Gasteiger partial charge in [0.2, 0.25) is 5.91 Å². The van der Waals surface area contributed by atoms with E-state index < -0.39 is 0 Å². The van der Waals surface area contributed by atoms with Gasteiger partial charge in [-0.1, -0.05) is 0 Å². The van der Waals surface area contributed by atoms with Crippen LogP contribution >= 0.6 is 22.7 Å². The first-order chi connectivity index (χ1) is 11.6. The molecule has 2 unspecified atom stereocenters. The van der Waals surface area contributed by atoms with E-state index in [2.05, 4.69) is 21.4 Å². The quantitative estimate of drug-likeness (QED) is 0.772. The molecule has 1 fully saturated rings. The number of rotatable bonds is 4. The van der Waals surface area contributed by atoms with Crippen molar-refractivity contribution in [3.63, 3.8) is 0 Å². The molecule has 3 aromatic rings. The van der Waals surface area contributed by atoms with Crippen molar-refractivity contribution in [1.29, 1.82) is 0 Å². The van der Waals surface area contributed by atoms with E-state index in [0.717, 1.165) is 32.2 Å². The molecule has 2 atom stereocenters. The number of thiazole rings is 2. The Labute approximate surface area is 147 Å². The largest absolute Gasteiger partial charge is 0.489 e. The van der Waals surface area contributed by atoms with Crippen molar-refractivity contribution >= 4 is 38.8 Å². The minimum absolute atomic E-state index is 0.0414. The van der Waals surface area contributed by atoms with Crippen LogP contribution in [0, 0.1) is 12.8 Å². The van der Waals surface area contributed by atoms with Gasteiger partial charge in [-0.15, -0.1) is 22.7 Å². The Balaban J connectivity index is 1.71. The van der Waals surface area contributed by atoms with Crippen molar-refractivity contribution in [2.24, 2.45) is 5.92 Å². The van der Waals surface area contributed by atoms with Crippen LogP contribution < -0.4 is 10.1 Å². The zero-order valence-electron chi connectivity index (χ0n) is 13.4. The molecule has 0 spiro atoms. The number of hydrogen-bond acceptors (Lipinski definition) is 6. The molecule has 1 saturated heterocycles. The molecule has 1 N–H and O–H groups in total. The van der Waals surface area contributed by atoms with Crippen molar-refractivity contribution in [3.8, 4) is 17.0 Å². The maximum absolute atomic E-state index is 11.5. The second-order valence-electron chi connectivity index (χ2n) is 6.02. The summed E-state index contributed by atoms with van der Waals surface area (Å²) < 4.78 is 7.32. The predicted octanol–water partition coefficient (Wildman–Crippen LogP) is 3.63. The second kappa shape index (κ2) is 6.14. The lowest BCUT2D eigenvalue weighted by Gasteiger charge is -2.20. The second-order valence-corrected chi connectivity index (χ2v) is 7.94. The molecule has 0 aliphatic carbocycles. The van der Waals surface area contributed by atoms with Gasteiger partial charge in [-0.3, -0.25) is 4.79 Å². The number of nitrogens with zero attached hydrogens (tertiary/aromatic N) is 2. The lowest BCUT2D eigenvalue weighted by Crippen LogP contribution is -2.25. The monoisotopic (exact) mass is 359 g/mol. The Hall–Kier alpha value is -1.99. The maximum atomic E-state index is 11.5. The smallest absolute Gasteiger partial charge is 0.220 e. The number of fused-ring (bicyclic) bond motifs is 1. The van der Waals surface area contributed by atoms with Crippen LogP contribution in [-0.4, -0.2) is 28.5 Å². The molecule has 1 aliphatic rings. The minimum atomic E-state index is -0.0414. The zero-order valence-corrected chi connectivity index (χ0v) is 15.0. The summed E-state index contributed by atoms with van der Waals surface area (Å²) in [5, 5.41) is 5.90. The van der Waals surface area contributed by atoms with Gasteiger partial charge in [0, 0.05) is 29.8 Å². The molecule has 0 radical (unpaired) electrons. The van der Waals surface area contributed by atoms with Gasteiger partial charge in [-0.25, -0.2) is 9.97 Å². The van der Waals surface area contributed by atoms with Crippen LogP contribution in [0.4, 0.5) is 0 Å². The summed E-state index contributed by atoms with van der Waals surface area (Å²) in [6.45, 7) is 4.71. The normalized spacial score (nSPS) is 18.8. The van der Waals surface area contributed by atoms with E-state index in [4.69, 9.17) is 4.74 Å². The molecule has 4 rings (SSSR count). The van der Waals surface area contributed by atoms with Gasteiger partial charge in [0.25, 0.3) is 0 Å². The average Bonchev–Trinajstić information content (AvgIpc) is 3.26. The molecule has 1 amide bonds. The Morgan fingerprint density at radius 2 is 2.29 bits per heavy atom. The molecule has 0 saturated carbocycles. The van der Waals surface area contributed by atoms with E-state index in [0.29, 0.717) is 13.0 Å². The number of benzene rings is 1. The summed E-state index contributed by atoms with van der Waals surface area (Å²) in [5.74, 6) is 1.13. The topological polar surface area (TPSA) is 64.1 Å². The molecule has 1 aromatic carbocycles. The molecule has 7 heteroatoms. The van der Waals surface area contributed by atoms with Crippen molar-refractivity contribution in [3.05, 3.63) is 28.0 Å². The molecule has 5 nitrogen and oxygen atoms in total. The highest BCUT2D eigenvalue weighted by atomic mass is 32.1. The molecular weight excluding hydrogens is 342 g/mol. The van der Waals surface area contributed by atoms with Crippen LogP contribution in [0.25, 0.3) is 21.5 Å². The van der Waals surface area contributed by atoms with Gasteiger partial charge in [0.15, 0.2) is 0 Å². The molecule has 1 aliphatic heterocycles. The lowest BCUT2D eigenvalue weighted by atomic mass is 10.0. The van der Waals surface area contributed by atoms with Crippen LogP contribution in [0.15, 0.2) is 23.0 Å². The van der Waals surface area contributed by atoms with Crippen LogP contribution in [-0.2, 0) is 4.79 Å². The molecule has 124 valence electrons. The summed E-state index contributed by atoms with van der Waals surface area (Å²) in [7, 11) is 0. The number of nitrogens with one attached hydrogen (secondary N) is 1. The Morgan fingerprint density at radius 1 is 1.42 bits per heavy atom. The van der Waals surface area contributed by atoms with E-state index in [1.165, 1.54) is 0 Å². The Kier molecular flexibility index (Phi) is 3.97. The first-order valence-electron chi connectivity index (χ1n) is 7.83. The number of amides is 1. The first-order valence-corrected chi connectivity index (χ1v) is 9.59. The summed E-state index contributed by atoms with van der Waals surface area (Å²) in [5.41, 5.74) is 4.70. The van der Waals surface area contributed by atoms with Crippen LogP contribution in [0.1, 0.15) is 18.4 Å². The van der Waals surface area contributed by atoms with Crippen LogP contribution in [0.3, 0.4) is 0 Å². The van der Waals surface area contributed by atoms with E-state index in [1.807, 2.05) is 30.8 Å². The Bertz CT molecular complexity index is 889. The summed E-state index contributed by atoms with van der Waals surface area (Å²) in [6, 6.07) is 4.10. The van der Waals surface area contributed by atoms with Crippen LogP contribution in [0.2, 0.25) is 0 Å². The van der Waals surface area contributed by atoms with E-state index in [1.54, 1.807) is 22.7 Å². The fourth-order valence-electron chi connectivity index (χ4n) is 2.96. The van der Waals surface area contributed by atoms with Crippen molar-refractivity contribution in [2.75, 3.05) is 6.54 Å². The number of carbonyl (C=O) groups is 1. The maximum Gasteiger partial charge on any atom is 0.220 e. The highest BCUT2D eigenvalue weighted by Gasteiger charge is 2.28. The van der Waals surface area contributed by atoms with Gasteiger partial charge in [-0.2, -0.15) is 0 Å². The fraction of sp³-hybridized carbons (Fsp3) is 0.353. The third-order valence-electron chi connectivity index (χ3n) is 4.28. The van der Waals surface area contributed by atoms with Gasteiger partial charge in [-0.05, 0) is 26.0 Å². The number of ether oxygens (including phenoxy) is 1. The van der Waals surface area contributed by atoms with Gasteiger partial charge >= 0.3 is 0 Å². The van der Waals surface area contributed by atoms with Crippen molar-refractivity contribution < 1.29 is 9.53 Å². The third kappa shape index (κ3) is 2.89. The molecule has 0 bridgehead atoms. The molecule has 3 heterocycles. The number of aryl methyl sites for hydroxylation is 1. The van der Waals surface area contributed by atoms with E-state index in [9.17, 15) is 4.79 Å². The molecule has 2 aromatic heterocycles. The number of carbonyl (C=O) groups excluding carboxylic acids is 1. The zero-order chi connectivity index (χ0) is 16.7. The van der Waals surface area contributed by atoms with Gasteiger partial charge in [0.05, 0.1) is 26.4 Å². The highest BCUT2D eigenvalue weighted by molar-refractivity contribution is 7.18. The molecule has 24 heavy (non-hydrogen) atoms. The summed E-state index contributed by atoms with van der Waals surface area (Å²) in [6.07, 6.45) is 0.484. The van der Waals surface area contributed by atoms with Gasteiger partial charge < -0.3 is 10.1 Å².